The second-order valence-electron chi connectivity index (χ2n) is 0.657. The second kappa shape index (κ2) is 4.09. The maximum atomic E-state index is 11.6. The molecule has 0 aliphatic rings. The number of alkyl halides is 4. The van der Waals surface area contributed by atoms with Gasteiger partial charge >= 0.3 is 0 Å². The molecule has 0 aromatic heterocycles. The lowest BCUT2D eigenvalue weighted by Gasteiger charge is -1.95. The fraction of sp³-hybridized carbons (Fsp3) is 1.00. The van der Waals surface area contributed by atoms with Gasteiger partial charge in [0.25, 0.3) is 0 Å². The molecule has 0 aliphatic heterocycles. The van der Waals surface area contributed by atoms with E-state index in [2.05, 4.69) is 31.9 Å². The van der Waals surface area contributed by atoms with Gasteiger partial charge in [-0.15, -0.1) is 0 Å². The predicted octanol–water partition coefficient (Wildman–Crippen LogP) is 3.02. The van der Waals surface area contributed by atoms with E-state index in [0.29, 0.717) is 11.8 Å². The highest BCUT2D eigenvalue weighted by Crippen LogP contribution is 2.27. The summed E-state index contributed by atoms with van der Waals surface area (Å²) >= 11 is 5.51. The van der Waals surface area contributed by atoms with Crippen LogP contribution in [0.4, 0.5) is 8.78 Å². The third-order valence-electron chi connectivity index (χ3n) is 0.206. The number of thioether (sulfide) groups is 1. The Bertz CT molecular complexity index is 43.0. The molecule has 0 fully saturated rings. The van der Waals surface area contributed by atoms with E-state index in [9.17, 15) is 8.78 Å². The van der Waals surface area contributed by atoms with Gasteiger partial charge in [0.2, 0.25) is 8.83 Å². The first-order valence-electron chi connectivity index (χ1n) is 1.34. The second-order valence-corrected chi connectivity index (χ2v) is 4.58. The maximum absolute atomic E-state index is 11.6. The summed E-state index contributed by atoms with van der Waals surface area (Å²) in [6.45, 7) is 0. The van der Waals surface area contributed by atoms with Crippen LogP contribution in [0.15, 0.2) is 0 Å². The van der Waals surface area contributed by atoms with Crippen LogP contribution >= 0.6 is 43.6 Å². The Labute approximate surface area is 61.3 Å². The van der Waals surface area contributed by atoms with Crippen molar-refractivity contribution in [3.63, 3.8) is 0 Å². The Morgan fingerprint density at radius 1 is 1.14 bits per heavy atom. The third-order valence-corrected chi connectivity index (χ3v) is 1.91. The van der Waals surface area contributed by atoms with Gasteiger partial charge in [0.15, 0.2) is 0 Å². The van der Waals surface area contributed by atoms with E-state index in [1.54, 1.807) is 0 Å². The number of hydrogen-bond donors (Lipinski definition) is 0. The van der Waals surface area contributed by atoms with Crippen LogP contribution in [0, 0.1) is 0 Å². The van der Waals surface area contributed by atoms with E-state index in [-0.39, 0.29) is 0 Å². The van der Waals surface area contributed by atoms with Gasteiger partial charge in [-0.3, -0.25) is 0 Å². The Balaban J connectivity index is 2.95. The fourth-order valence-corrected chi connectivity index (χ4v) is 2.24. The van der Waals surface area contributed by atoms with Crippen LogP contribution in [0.25, 0.3) is 0 Å². The van der Waals surface area contributed by atoms with E-state index in [1.807, 2.05) is 0 Å². The highest BCUT2D eigenvalue weighted by atomic mass is 79.9. The molecule has 0 N–H and O–H groups in total. The van der Waals surface area contributed by atoms with Gasteiger partial charge in [0, 0.05) is 0 Å². The van der Waals surface area contributed by atoms with Crippen LogP contribution in [0.1, 0.15) is 0 Å². The van der Waals surface area contributed by atoms with Crippen molar-refractivity contribution >= 4 is 43.6 Å². The number of rotatable bonds is 2. The molecule has 2 unspecified atom stereocenters. The number of halogens is 4. The standard InChI is InChI=1S/C2H2Br2F2S/c3-1(5)7-2(4)6/h1-2H. The van der Waals surface area contributed by atoms with Gasteiger partial charge < -0.3 is 0 Å². The van der Waals surface area contributed by atoms with E-state index in [0.717, 1.165) is 0 Å². The van der Waals surface area contributed by atoms with Gasteiger partial charge in [-0.05, 0) is 31.9 Å². The van der Waals surface area contributed by atoms with E-state index < -0.39 is 8.83 Å². The Kier molecular flexibility index (Phi) is 4.77. The molecule has 0 nitrogen and oxygen atoms in total. The van der Waals surface area contributed by atoms with Gasteiger partial charge in [0.1, 0.15) is 0 Å². The van der Waals surface area contributed by atoms with Crippen molar-refractivity contribution in [1.82, 2.24) is 0 Å². The Morgan fingerprint density at radius 2 is 1.43 bits per heavy atom. The average molecular weight is 256 g/mol. The smallest absolute Gasteiger partial charge is 0.203 e. The molecule has 0 aromatic rings. The van der Waals surface area contributed by atoms with Crippen LogP contribution in [-0.2, 0) is 0 Å². The van der Waals surface area contributed by atoms with Gasteiger partial charge in [-0.25, -0.2) is 8.78 Å². The Morgan fingerprint density at radius 3 is 1.43 bits per heavy atom. The van der Waals surface area contributed by atoms with Crippen LogP contribution in [0.5, 0.6) is 0 Å². The molecule has 0 radical (unpaired) electrons. The first-order chi connectivity index (χ1) is 3.13. The molecule has 0 bridgehead atoms. The monoisotopic (exact) mass is 254 g/mol. The molecule has 0 saturated heterocycles. The quantitative estimate of drug-likeness (QED) is 0.684. The maximum Gasteiger partial charge on any atom is 0.203 e. The molecular weight excluding hydrogens is 254 g/mol. The van der Waals surface area contributed by atoms with Crippen molar-refractivity contribution in [3.8, 4) is 0 Å². The molecule has 7 heavy (non-hydrogen) atoms. The molecule has 44 valence electrons. The molecule has 0 rings (SSSR count). The predicted molar refractivity (Wildman–Crippen MR) is 35.2 cm³/mol. The normalized spacial score (nSPS) is 18.9. The molecule has 0 saturated carbocycles. The van der Waals surface area contributed by atoms with Crippen LogP contribution in [0.2, 0.25) is 0 Å². The van der Waals surface area contributed by atoms with Crippen LogP contribution < -0.4 is 0 Å². The first-order valence-corrected chi connectivity index (χ1v) is 4.12. The summed E-state index contributed by atoms with van der Waals surface area (Å²) in [4.78, 5) is 0. The lowest BCUT2D eigenvalue weighted by atomic mass is 11.8. The highest BCUT2D eigenvalue weighted by Gasteiger charge is 2.06. The fourth-order valence-electron chi connectivity index (χ4n) is 0.0778. The Hall–Kier alpha value is 1.17. The minimum atomic E-state index is -1.32. The minimum Gasteiger partial charge on any atom is -0.223 e. The average Bonchev–Trinajstić information content (AvgIpc) is 1.27. The molecule has 0 heterocycles. The van der Waals surface area contributed by atoms with Crippen molar-refractivity contribution in [2.45, 2.75) is 8.83 Å². The summed E-state index contributed by atoms with van der Waals surface area (Å²) in [6.07, 6.45) is 0. The van der Waals surface area contributed by atoms with E-state index >= 15 is 0 Å². The van der Waals surface area contributed by atoms with Crippen molar-refractivity contribution in [3.05, 3.63) is 0 Å². The number of hydrogen-bond acceptors (Lipinski definition) is 1. The molecule has 0 amide bonds. The molecule has 0 aliphatic carbocycles. The van der Waals surface area contributed by atoms with Crippen LogP contribution in [0.3, 0.4) is 0 Å². The molecular formula is C2H2Br2F2S. The lowest BCUT2D eigenvalue weighted by Crippen LogP contribution is -1.83. The zero-order valence-electron chi connectivity index (χ0n) is 3.07. The van der Waals surface area contributed by atoms with Gasteiger partial charge in [-0.2, -0.15) is 0 Å². The highest BCUT2D eigenvalue weighted by molar-refractivity contribution is 9.13. The first kappa shape index (κ1) is 8.17. The SMILES string of the molecule is FC(Br)SC(F)Br. The molecule has 0 aromatic carbocycles. The largest absolute Gasteiger partial charge is 0.223 e. The minimum absolute atomic E-state index is 0.509. The van der Waals surface area contributed by atoms with Crippen molar-refractivity contribution < 1.29 is 8.78 Å². The van der Waals surface area contributed by atoms with Gasteiger partial charge in [-0.1, -0.05) is 11.8 Å². The zero-order valence-corrected chi connectivity index (χ0v) is 7.06. The van der Waals surface area contributed by atoms with Gasteiger partial charge in [0.05, 0.1) is 0 Å². The summed E-state index contributed by atoms with van der Waals surface area (Å²) in [5.41, 5.74) is 0. The summed E-state index contributed by atoms with van der Waals surface area (Å²) in [7, 11) is 0. The topological polar surface area (TPSA) is 0 Å². The summed E-state index contributed by atoms with van der Waals surface area (Å²) < 4.78 is 20.5. The van der Waals surface area contributed by atoms with Crippen molar-refractivity contribution in [2.24, 2.45) is 0 Å². The van der Waals surface area contributed by atoms with Crippen molar-refractivity contribution in [2.75, 3.05) is 0 Å². The summed E-state index contributed by atoms with van der Waals surface area (Å²) in [6, 6.07) is 0. The van der Waals surface area contributed by atoms with Crippen LogP contribution in [-0.4, -0.2) is 8.83 Å². The summed E-state index contributed by atoms with van der Waals surface area (Å²) in [5.74, 6) is 0. The lowest BCUT2D eigenvalue weighted by molar-refractivity contribution is 0.547. The summed E-state index contributed by atoms with van der Waals surface area (Å²) in [5, 5.41) is 0. The molecule has 2 atom stereocenters. The molecule has 0 spiro atoms. The third kappa shape index (κ3) is 7.17. The van der Waals surface area contributed by atoms with E-state index in [4.69, 9.17) is 0 Å². The van der Waals surface area contributed by atoms with E-state index in [1.165, 1.54) is 0 Å². The molecule has 5 heteroatoms. The van der Waals surface area contributed by atoms with Crippen molar-refractivity contribution in [1.29, 1.82) is 0 Å². The zero-order chi connectivity index (χ0) is 5.86.